The predicted octanol–water partition coefficient (Wildman–Crippen LogP) is 2.65. The number of hydrogen-bond donors (Lipinski definition) is 0. The van der Waals surface area contributed by atoms with E-state index in [1.165, 1.54) is 12.8 Å². The number of nitrogens with zero attached hydrogens (tertiary/aromatic N) is 4. The van der Waals surface area contributed by atoms with Crippen LogP contribution >= 0.6 is 0 Å². The second kappa shape index (κ2) is 5.49. The van der Waals surface area contributed by atoms with E-state index < -0.39 is 0 Å². The van der Waals surface area contributed by atoms with E-state index in [-0.39, 0.29) is 5.56 Å². The molecule has 0 bridgehead atoms. The van der Waals surface area contributed by atoms with Crippen LogP contribution in [0.25, 0.3) is 0 Å². The van der Waals surface area contributed by atoms with Crippen molar-refractivity contribution in [2.45, 2.75) is 45.8 Å². The van der Waals surface area contributed by atoms with Crippen molar-refractivity contribution in [2.24, 2.45) is 0 Å². The van der Waals surface area contributed by atoms with Crippen molar-refractivity contribution in [3.8, 4) is 0 Å². The lowest BCUT2D eigenvalue weighted by atomic mass is 10.2. The average molecular weight is 310 g/mol. The third kappa shape index (κ3) is 2.45. The first-order valence-corrected chi connectivity index (χ1v) is 8.36. The standard InChI is InChI=1S/C18H22N4O/c1-3-16-13(2)19-18-21(15-7-5-4-6-8-15)11-20(14-9-10-14)12-22(18)17(16)23/h4-8,14H,3,9-12H2,1-2H3. The molecule has 1 aliphatic heterocycles. The molecule has 23 heavy (non-hydrogen) atoms. The first-order chi connectivity index (χ1) is 11.2. The molecule has 2 aliphatic rings. The van der Waals surface area contributed by atoms with Crippen LogP contribution in [-0.4, -0.2) is 27.2 Å². The third-order valence-corrected chi connectivity index (χ3v) is 4.82. The van der Waals surface area contributed by atoms with Gasteiger partial charge >= 0.3 is 0 Å². The van der Waals surface area contributed by atoms with Gasteiger partial charge in [-0.15, -0.1) is 0 Å². The van der Waals surface area contributed by atoms with Crippen molar-refractivity contribution < 1.29 is 0 Å². The van der Waals surface area contributed by atoms with Crippen LogP contribution in [0.5, 0.6) is 0 Å². The number of hydrogen-bond acceptors (Lipinski definition) is 4. The number of rotatable bonds is 3. The zero-order chi connectivity index (χ0) is 16.0. The molecule has 2 aromatic rings. The van der Waals surface area contributed by atoms with E-state index in [1.807, 2.05) is 36.6 Å². The highest BCUT2D eigenvalue weighted by atomic mass is 16.1. The summed E-state index contributed by atoms with van der Waals surface area (Å²) in [7, 11) is 0. The Kier molecular flexibility index (Phi) is 3.45. The number of aromatic nitrogens is 2. The lowest BCUT2D eigenvalue weighted by Gasteiger charge is -2.38. The molecule has 2 heterocycles. The molecule has 0 N–H and O–H groups in total. The number of para-hydroxylation sites is 1. The van der Waals surface area contributed by atoms with Gasteiger partial charge in [-0.25, -0.2) is 4.98 Å². The normalized spacial score (nSPS) is 18.1. The van der Waals surface area contributed by atoms with Gasteiger partial charge in [0.25, 0.3) is 5.56 Å². The Bertz CT molecular complexity index is 780. The van der Waals surface area contributed by atoms with Crippen molar-refractivity contribution in [3.63, 3.8) is 0 Å². The summed E-state index contributed by atoms with van der Waals surface area (Å²) in [6.07, 6.45) is 3.19. The van der Waals surface area contributed by atoms with E-state index in [2.05, 4.69) is 21.9 Å². The lowest BCUT2D eigenvalue weighted by molar-refractivity contribution is 0.188. The van der Waals surface area contributed by atoms with Crippen LogP contribution in [0.2, 0.25) is 0 Å². The van der Waals surface area contributed by atoms with Crippen LogP contribution in [0.1, 0.15) is 31.0 Å². The van der Waals surface area contributed by atoms with Gasteiger partial charge < -0.3 is 0 Å². The number of benzene rings is 1. The summed E-state index contributed by atoms with van der Waals surface area (Å²) in [5.41, 5.74) is 2.88. The van der Waals surface area contributed by atoms with Crippen molar-refractivity contribution in [1.82, 2.24) is 14.5 Å². The lowest BCUT2D eigenvalue weighted by Crippen LogP contribution is -2.48. The molecule has 120 valence electrons. The van der Waals surface area contributed by atoms with Gasteiger partial charge in [0.1, 0.15) is 0 Å². The van der Waals surface area contributed by atoms with Gasteiger partial charge in [0.05, 0.1) is 13.3 Å². The summed E-state index contributed by atoms with van der Waals surface area (Å²) in [5.74, 6) is 0.771. The van der Waals surface area contributed by atoms with Gasteiger partial charge in [-0.05, 0) is 38.3 Å². The van der Waals surface area contributed by atoms with Crippen molar-refractivity contribution in [1.29, 1.82) is 0 Å². The maximum absolute atomic E-state index is 12.9. The Balaban J connectivity index is 1.87. The Morgan fingerprint density at radius 1 is 1.17 bits per heavy atom. The molecule has 5 heteroatoms. The van der Waals surface area contributed by atoms with Gasteiger partial charge in [-0.1, -0.05) is 25.1 Å². The molecular weight excluding hydrogens is 288 g/mol. The highest BCUT2D eigenvalue weighted by Gasteiger charge is 2.35. The Morgan fingerprint density at radius 2 is 1.91 bits per heavy atom. The molecule has 0 saturated heterocycles. The fourth-order valence-electron chi connectivity index (χ4n) is 3.37. The number of aryl methyl sites for hydroxylation is 1. The van der Waals surface area contributed by atoms with Gasteiger partial charge in [0, 0.05) is 23.0 Å². The van der Waals surface area contributed by atoms with Crippen LogP contribution in [-0.2, 0) is 13.1 Å². The quantitative estimate of drug-likeness (QED) is 0.874. The third-order valence-electron chi connectivity index (χ3n) is 4.82. The second-order valence-electron chi connectivity index (χ2n) is 6.43. The monoisotopic (exact) mass is 310 g/mol. The molecule has 0 radical (unpaired) electrons. The Hall–Kier alpha value is -2.14. The first-order valence-electron chi connectivity index (χ1n) is 8.36. The summed E-state index contributed by atoms with van der Waals surface area (Å²) in [5, 5.41) is 0. The first kappa shape index (κ1) is 14.5. The predicted molar refractivity (Wildman–Crippen MR) is 90.9 cm³/mol. The zero-order valence-corrected chi connectivity index (χ0v) is 13.7. The summed E-state index contributed by atoms with van der Waals surface area (Å²) >= 11 is 0. The number of fused-ring (bicyclic) bond motifs is 1. The van der Waals surface area contributed by atoms with Gasteiger partial charge in [-0.3, -0.25) is 19.2 Å². The molecule has 1 fully saturated rings. The van der Waals surface area contributed by atoms with E-state index in [0.717, 1.165) is 36.0 Å². The summed E-state index contributed by atoms with van der Waals surface area (Å²) in [4.78, 5) is 22.2. The van der Waals surface area contributed by atoms with Crippen LogP contribution < -0.4 is 10.5 Å². The smallest absolute Gasteiger partial charge is 0.259 e. The molecule has 0 unspecified atom stereocenters. The molecule has 1 aromatic carbocycles. The van der Waals surface area contributed by atoms with Crippen LogP contribution in [0.3, 0.4) is 0 Å². The molecule has 1 saturated carbocycles. The minimum absolute atomic E-state index is 0.112. The summed E-state index contributed by atoms with van der Waals surface area (Å²) < 4.78 is 1.85. The van der Waals surface area contributed by atoms with Crippen molar-refractivity contribution >= 4 is 11.6 Å². The maximum atomic E-state index is 12.9. The minimum atomic E-state index is 0.112. The zero-order valence-electron chi connectivity index (χ0n) is 13.7. The molecule has 0 atom stereocenters. The van der Waals surface area contributed by atoms with E-state index in [1.54, 1.807) is 0 Å². The molecule has 4 rings (SSSR count). The Labute approximate surface area is 136 Å². The van der Waals surface area contributed by atoms with E-state index in [9.17, 15) is 4.79 Å². The SMILES string of the molecule is CCc1c(C)nc2n(c1=O)CN(C1CC1)CN2c1ccccc1. The van der Waals surface area contributed by atoms with Gasteiger partial charge in [-0.2, -0.15) is 0 Å². The van der Waals surface area contributed by atoms with Crippen molar-refractivity contribution in [2.75, 3.05) is 11.6 Å². The molecule has 0 spiro atoms. The number of anilines is 2. The largest absolute Gasteiger partial charge is 0.298 e. The summed E-state index contributed by atoms with van der Waals surface area (Å²) in [6, 6.07) is 10.8. The van der Waals surface area contributed by atoms with E-state index in [0.29, 0.717) is 12.7 Å². The average Bonchev–Trinajstić information content (AvgIpc) is 3.40. The van der Waals surface area contributed by atoms with E-state index in [4.69, 9.17) is 4.98 Å². The van der Waals surface area contributed by atoms with Gasteiger partial charge in [0.15, 0.2) is 0 Å². The maximum Gasteiger partial charge on any atom is 0.259 e. The van der Waals surface area contributed by atoms with Gasteiger partial charge in [0.2, 0.25) is 5.95 Å². The molecule has 1 aromatic heterocycles. The second-order valence-corrected chi connectivity index (χ2v) is 6.43. The summed E-state index contributed by atoms with van der Waals surface area (Å²) in [6.45, 7) is 5.42. The molecule has 5 nitrogen and oxygen atoms in total. The van der Waals surface area contributed by atoms with Crippen LogP contribution in [0.4, 0.5) is 11.6 Å². The van der Waals surface area contributed by atoms with E-state index >= 15 is 0 Å². The fraction of sp³-hybridized carbons (Fsp3) is 0.444. The Morgan fingerprint density at radius 3 is 2.57 bits per heavy atom. The highest BCUT2D eigenvalue weighted by molar-refractivity contribution is 5.58. The minimum Gasteiger partial charge on any atom is -0.298 e. The molecule has 1 aliphatic carbocycles. The van der Waals surface area contributed by atoms with Crippen molar-refractivity contribution in [3.05, 3.63) is 51.9 Å². The topological polar surface area (TPSA) is 41.4 Å². The molecule has 0 amide bonds. The van der Waals surface area contributed by atoms with Crippen LogP contribution in [0.15, 0.2) is 35.1 Å². The highest BCUT2D eigenvalue weighted by Crippen LogP contribution is 2.34. The van der Waals surface area contributed by atoms with Crippen LogP contribution in [0, 0.1) is 6.92 Å². The molecular formula is C18H22N4O. The fourth-order valence-corrected chi connectivity index (χ4v) is 3.37.